The molecular weight excluding hydrogens is 340 g/mol. The highest BCUT2D eigenvalue weighted by molar-refractivity contribution is 6.01. The topological polar surface area (TPSA) is 58.6 Å². The van der Waals surface area contributed by atoms with Crippen LogP contribution in [0.5, 0.6) is 0 Å². The summed E-state index contributed by atoms with van der Waals surface area (Å²) < 4.78 is 5.52. The van der Waals surface area contributed by atoms with Gasteiger partial charge in [-0.15, -0.1) is 0 Å². The normalized spacial score (nSPS) is 19.8. The Hall–Kier alpha value is -2.50. The van der Waals surface area contributed by atoms with Gasteiger partial charge < -0.3 is 10.1 Å². The molecule has 0 aliphatic carbocycles. The van der Waals surface area contributed by atoms with Gasteiger partial charge in [0.15, 0.2) is 5.78 Å². The summed E-state index contributed by atoms with van der Waals surface area (Å²) in [7, 11) is 1.68. The lowest BCUT2D eigenvalue weighted by molar-refractivity contribution is 0.0762. The van der Waals surface area contributed by atoms with E-state index in [-0.39, 0.29) is 23.8 Å². The van der Waals surface area contributed by atoms with Crippen molar-refractivity contribution in [2.75, 3.05) is 26.7 Å². The van der Waals surface area contributed by atoms with Crippen molar-refractivity contribution in [2.45, 2.75) is 26.0 Å². The molecule has 1 amide bonds. The number of carbonyl (C=O) groups excluding carboxylic acids is 2. The van der Waals surface area contributed by atoms with Gasteiger partial charge in [-0.1, -0.05) is 43.3 Å². The molecule has 142 valence electrons. The van der Waals surface area contributed by atoms with Crippen LogP contribution in [0.2, 0.25) is 0 Å². The smallest absolute Gasteiger partial charge is 0.251 e. The van der Waals surface area contributed by atoms with Crippen LogP contribution in [0.4, 0.5) is 0 Å². The van der Waals surface area contributed by atoms with Crippen molar-refractivity contribution in [1.82, 2.24) is 10.2 Å². The molecule has 2 atom stereocenters. The second-order valence-corrected chi connectivity index (χ2v) is 6.89. The van der Waals surface area contributed by atoms with Crippen LogP contribution in [0.3, 0.4) is 0 Å². The molecule has 1 N–H and O–H groups in total. The number of hydrogen-bond acceptors (Lipinski definition) is 4. The second kappa shape index (κ2) is 8.46. The average Bonchev–Trinajstić information content (AvgIpc) is 3.10. The Kier molecular flexibility index (Phi) is 6.04. The van der Waals surface area contributed by atoms with Crippen molar-refractivity contribution in [3.8, 4) is 11.1 Å². The maximum Gasteiger partial charge on any atom is 0.251 e. The van der Waals surface area contributed by atoms with Gasteiger partial charge in [-0.2, -0.15) is 0 Å². The van der Waals surface area contributed by atoms with Gasteiger partial charge in [0, 0.05) is 31.3 Å². The van der Waals surface area contributed by atoms with E-state index in [1.165, 1.54) is 0 Å². The van der Waals surface area contributed by atoms with Gasteiger partial charge in [0.2, 0.25) is 0 Å². The minimum absolute atomic E-state index is 0.00983. The van der Waals surface area contributed by atoms with Gasteiger partial charge in [-0.3, -0.25) is 14.5 Å². The van der Waals surface area contributed by atoms with Crippen LogP contribution < -0.4 is 5.32 Å². The van der Waals surface area contributed by atoms with Gasteiger partial charge in [0.1, 0.15) is 0 Å². The number of likely N-dealkylation sites (N-methyl/N-ethyl adjacent to an activating group) is 1. The van der Waals surface area contributed by atoms with E-state index in [4.69, 9.17) is 4.74 Å². The van der Waals surface area contributed by atoms with Crippen molar-refractivity contribution in [2.24, 2.45) is 0 Å². The number of Topliss-reactive ketones (excluding diaryl/α,β-unsaturated/α-hetero) is 1. The molecule has 2 aromatic carbocycles. The molecule has 5 heteroatoms. The predicted molar refractivity (Wildman–Crippen MR) is 106 cm³/mol. The fourth-order valence-electron chi connectivity index (χ4n) is 3.58. The van der Waals surface area contributed by atoms with Crippen LogP contribution in [-0.2, 0) is 4.74 Å². The molecule has 1 aliphatic heterocycles. The fourth-order valence-corrected chi connectivity index (χ4v) is 3.58. The summed E-state index contributed by atoms with van der Waals surface area (Å²) in [6.45, 7) is 6.24. The molecular formula is C22H26N2O3. The van der Waals surface area contributed by atoms with Crippen LogP contribution in [0.25, 0.3) is 11.1 Å². The highest BCUT2D eigenvalue weighted by atomic mass is 16.5. The maximum absolute atomic E-state index is 12.6. The highest BCUT2D eigenvalue weighted by Crippen LogP contribution is 2.24. The van der Waals surface area contributed by atoms with E-state index in [1.54, 1.807) is 26.2 Å². The summed E-state index contributed by atoms with van der Waals surface area (Å²) in [5, 5.41) is 3.09. The molecule has 0 saturated carbocycles. The number of likely N-dealkylation sites (tertiary alicyclic amines) is 1. The van der Waals surface area contributed by atoms with E-state index >= 15 is 0 Å². The van der Waals surface area contributed by atoms with Crippen molar-refractivity contribution in [3.63, 3.8) is 0 Å². The van der Waals surface area contributed by atoms with E-state index < -0.39 is 0 Å². The zero-order chi connectivity index (χ0) is 19.4. The molecule has 0 bridgehead atoms. The summed E-state index contributed by atoms with van der Waals surface area (Å²) in [6.07, 6.45) is 0.00983. The Balaban J connectivity index is 1.74. The second-order valence-electron chi connectivity index (χ2n) is 6.89. The molecule has 1 fully saturated rings. The molecule has 5 nitrogen and oxygen atoms in total. The van der Waals surface area contributed by atoms with Gasteiger partial charge >= 0.3 is 0 Å². The summed E-state index contributed by atoms with van der Waals surface area (Å²) in [4.78, 5) is 26.7. The molecule has 3 rings (SSSR count). The Bertz CT molecular complexity index is 817. The summed E-state index contributed by atoms with van der Waals surface area (Å²) >= 11 is 0. The van der Waals surface area contributed by atoms with E-state index in [1.807, 2.05) is 36.4 Å². The predicted octanol–water partition coefficient (Wildman–Crippen LogP) is 3.01. The fraction of sp³-hybridized carbons (Fsp3) is 0.364. The van der Waals surface area contributed by atoms with Crippen LogP contribution >= 0.6 is 0 Å². The SMILES string of the molecule is CCN1C[C@H](NC(=O)c2ccc(-c3ccccc3C(C)=O)cc2)[C@@H](OC)C1. The number of amides is 1. The van der Waals surface area contributed by atoms with Crippen LogP contribution in [0.1, 0.15) is 34.6 Å². The van der Waals surface area contributed by atoms with Gasteiger partial charge in [0.05, 0.1) is 12.1 Å². The van der Waals surface area contributed by atoms with Crippen molar-refractivity contribution in [1.29, 1.82) is 0 Å². The third-order valence-electron chi connectivity index (χ3n) is 5.17. The lowest BCUT2D eigenvalue weighted by Crippen LogP contribution is -2.43. The summed E-state index contributed by atoms with van der Waals surface area (Å²) in [5.41, 5.74) is 3.09. The van der Waals surface area contributed by atoms with Crippen molar-refractivity contribution in [3.05, 3.63) is 59.7 Å². The number of ether oxygens (including phenoxy) is 1. The number of ketones is 1. The molecule has 2 aromatic rings. The maximum atomic E-state index is 12.6. The first-order valence-electron chi connectivity index (χ1n) is 9.30. The first-order chi connectivity index (χ1) is 13.0. The minimum atomic E-state index is -0.105. The van der Waals surface area contributed by atoms with Gasteiger partial charge in [0.25, 0.3) is 5.91 Å². The van der Waals surface area contributed by atoms with E-state index in [0.717, 1.165) is 30.8 Å². The molecule has 0 spiro atoms. The van der Waals surface area contributed by atoms with E-state index in [2.05, 4.69) is 17.1 Å². The zero-order valence-electron chi connectivity index (χ0n) is 16.1. The molecule has 1 aliphatic rings. The largest absolute Gasteiger partial charge is 0.378 e. The van der Waals surface area contributed by atoms with E-state index in [0.29, 0.717) is 11.1 Å². The Labute approximate surface area is 160 Å². The number of hydrogen-bond donors (Lipinski definition) is 1. The highest BCUT2D eigenvalue weighted by Gasteiger charge is 2.33. The number of nitrogens with zero attached hydrogens (tertiary/aromatic N) is 1. The zero-order valence-corrected chi connectivity index (χ0v) is 16.1. The Morgan fingerprint density at radius 1 is 1.11 bits per heavy atom. The molecule has 0 unspecified atom stereocenters. The first kappa shape index (κ1) is 19.3. The van der Waals surface area contributed by atoms with Crippen molar-refractivity contribution < 1.29 is 14.3 Å². The lowest BCUT2D eigenvalue weighted by atomic mass is 9.96. The standard InChI is InChI=1S/C22H26N2O3/c1-4-24-13-20(21(14-24)27-3)23-22(26)17-11-9-16(10-12-17)19-8-6-5-7-18(19)15(2)25/h5-12,20-21H,4,13-14H2,1-3H3,(H,23,26)/t20-,21-/m0/s1. The third kappa shape index (κ3) is 4.26. The molecule has 27 heavy (non-hydrogen) atoms. The van der Waals surface area contributed by atoms with Crippen LogP contribution in [0, 0.1) is 0 Å². The van der Waals surface area contributed by atoms with Gasteiger partial charge in [-0.05, 0) is 36.7 Å². The molecule has 1 heterocycles. The Morgan fingerprint density at radius 3 is 2.44 bits per heavy atom. The number of nitrogens with one attached hydrogen (secondary N) is 1. The quantitative estimate of drug-likeness (QED) is 0.799. The average molecular weight is 366 g/mol. The number of methoxy groups -OCH3 is 1. The number of carbonyl (C=O) groups is 2. The monoisotopic (exact) mass is 366 g/mol. The molecule has 0 aromatic heterocycles. The first-order valence-corrected chi connectivity index (χ1v) is 9.30. The summed E-state index contributed by atoms with van der Waals surface area (Å²) in [5.74, 6) is -0.0776. The minimum Gasteiger partial charge on any atom is -0.378 e. The number of benzene rings is 2. The van der Waals surface area contributed by atoms with Crippen LogP contribution in [-0.4, -0.2) is 55.5 Å². The Morgan fingerprint density at radius 2 is 1.81 bits per heavy atom. The van der Waals surface area contributed by atoms with E-state index in [9.17, 15) is 9.59 Å². The number of rotatable bonds is 6. The third-order valence-corrected chi connectivity index (χ3v) is 5.17. The molecule has 0 radical (unpaired) electrons. The van der Waals surface area contributed by atoms with Crippen LogP contribution in [0.15, 0.2) is 48.5 Å². The summed E-state index contributed by atoms with van der Waals surface area (Å²) in [6, 6.07) is 14.9. The van der Waals surface area contributed by atoms with Gasteiger partial charge in [-0.25, -0.2) is 0 Å². The molecule has 1 saturated heterocycles. The van der Waals surface area contributed by atoms with Crippen molar-refractivity contribution >= 4 is 11.7 Å². The lowest BCUT2D eigenvalue weighted by Gasteiger charge is -2.18.